The summed E-state index contributed by atoms with van der Waals surface area (Å²) in [4.78, 5) is 41.0. The first-order valence-electron chi connectivity index (χ1n) is 10.4. The molecule has 0 aromatic heterocycles. The fourth-order valence-electron chi connectivity index (χ4n) is 2.85. The van der Waals surface area contributed by atoms with Crippen molar-refractivity contribution in [3.8, 4) is 5.75 Å². The Hall–Kier alpha value is -3.39. The SMILES string of the molecule is CN(CCc1ccccc1OC(F)(F)F)CCN1CCCCC1.O=C(O)C(=O)O.O=C(O)C(=O)O. The monoisotopic (exact) mass is 510 g/mol. The Labute approximate surface area is 199 Å². The van der Waals surface area contributed by atoms with E-state index in [2.05, 4.69) is 14.5 Å². The highest BCUT2D eigenvalue weighted by molar-refractivity contribution is 6.27. The molecule has 35 heavy (non-hydrogen) atoms. The number of piperidine rings is 1. The van der Waals surface area contributed by atoms with Gasteiger partial charge in [0, 0.05) is 19.6 Å². The highest BCUT2D eigenvalue weighted by atomic mass is 19.4. The summed E-state index contributed by atoms with van der Waals surface area (Å²) in [5, 5.41) is 29.6. The highest BCUT2D eigenvalue weighted by Gasteiger charge is 2.31. The molecule has 2 rings (SSSR count). The van der Waals surface area contributed by atoms with E-state index in [0.717, 1.165) is 26.2 Å². The molecule has 1 aliphatic heterocycles. The third-order valence-electron chi connectivity index (χ3n) is 4.57. The number of ether oxygens (including phenoxy) is 1. The molecule has 0 aliphatic carbocycles. The second-order valence-corrected chi connectivity index (χ2v) is 7.33. The Balaban J connectivity index is 0.000000797. The number of benzene rings is 1. The maximum Gasteiger partial charge on any atom is 0.573 e. The number of alkyl halides is 3. The lowest BCUT2D eigenvalue weighted by molar-refractivity contribution is -0.274. The second-order valence-electron chi connectivity index (χ2n) is 7.33. The van der Waals surface area contributed by atoms with E-state index in [0.29, 0.717) is 18.5 Å². The molecule has 1 aromatic carbocycles. The van der Waals surface area contributed by atoms with Crippen LogP contribution in [-0.2, 0) is 25.6 Å². The molecule has 1 heterocycles. The summed E-state index contributed by atoms with van der Waals surface area (Å²) < 4.78 is 41.3. The Morgan fingerprint density at radius 3 is 1.83 bits per heavy atom. The molecule has 198 valence electrons. The zero-order chi connectivity index (χ0) is 27.0. The van der Waals surface area contributed by atoms with Crippen molar-refractivity contribution in [1.29, 1.82) is 0 Å². The van der Waals surface area contributed by atoms with Crippen LogP contribution < -0.4 is 4.74 Å². The van der Waals surface area contributed by atoms with Crippen LogP contribution in [0.5, 0.6) is 5.75 Å². The fraction of sp³-hybridized carbons (Fsp3) is 0.524. The van der Waals surface area contributed by atoms with Crippen LogP contribution in [0.1, 0.15) is 24.8 Å². The van der Waals surface area contributed by atoms with Gasteiger partial charge in [-0.2, -0.15) is 0 Å². The van der Waals surface area contributed by atoms with Crippen LogP contribution in [0.2, 0.25) is 0 Å². The zero-order valence-corrected chi connectivity index (χ0v) is 19.0. The van der Waals surface area contributed by atoms with E-state index in [1.165, 1.54) is 25.3 Å². The fourth-order valence-corrected chi connectivity index (χ4v) is 2.85. The molecule has 1 fully saturated rings. The molecular weight excluding hydrogens is 481 g/mol. The van der Waals surface area contributed by atoms with Crippen LogP contribution in [0.4, 0.5) is 13.2 Å². The molecule has 0 spiro atoms. The Bertz CT molecular complexity index is 781. The van der Waals surface area contributed by atoms with Crippen molar-refractivity contribution in [3.05, 3.63) is 29.8 Å². The van der Waals surface area contributed by atoms with Crippen LogP contribution in [0.25, 0.3) is 0 Å². The topological polar surface area (TPSA) is 165 Å². The van der Waals surface area contributed by atoms with Crippen LogP contribution in [0.3, 0.4) is 0 Å². The predicted molar refractivity (Wildman–Crippen MR) is 115 cm³/mol. The summed E-state index contributed by atoms with van der Waals surface area (Å²) in [7, 11) is 2.01. The van der Waals surface area contributed by atoms with Gasteiger partial charge in [0.05, 0.1) is 0 Å². The molecule has 1 aromatic rings. The van der Waals surface area contributed by atoms with Gasteiger partial charge in [-0.25, -0.2) is 19.2 Å². The maximum absolute atomic E-state index is 12.4. The number of aliphatic carboxylic acids is 4. The van der Waals surface area contributed by atoms with Crippen molar-refractivity contribution in [2.24, 2.45) is 0 Å². The molecule has 1 saturated heterocycles. The molecule has 0 amide bonds. The Kier molecular flexibility index (Phi) is 14.7. The van der Waals surface area contributed by atoms with Gasteiger partial charge in [-0.1, -0.05) is 24.6 Å². The van der Waals surface area contributed by atoms with Gasteiger partial charge in [-0.05, 0) is 51.0 Å². The summed E-state index contributed by atoms with van der Waals surface area (Å²) in [5.74, 6) is -7.39. The number of hydrogen-bond acceptors (Lipinski definition) is 7. The van der Waals surface area contributed by atoms with E-state index in [9.17, 15) is 13.2 Å². The number of para-hydroxylation sites is 1. The van der Waals surface area contributed by atoms with E-state index < -0.39 is 30.2 Å². The van der Waals surface area contributed by atoms with Gasteiger partial charge < -0.3 is 35.0 Å². The van der Waals surface area contributed by atoms with Gasteiger partial charge in [0.1, 0.15) is 5.75 Å². The second kappa shape index (κ2) is 16.3. The Morgan fingerprint density at radius 1 is 0.886 bits per heavy atom. The van der Waals surface area contributed by atoms with Crippen LogP contribution >= 0.6 is 0 Å². The molecule has 1 aliphatic rings. The summed E-state index contributed by atoms with van der Waals surface area (Å²) >= 11 is 0. The lowest BCUT2D eigenvalue weighted by Gasteiger charge is -2.28. The van der Waals surface area contributed by atoms with Gasteiger partial charge in [-0.15, -0.1) is 13.2 Å². The minimum absolute atomic E-state index is 0.0931. The first-order chi connectivity index (χ1) is 16.2. The number of carbonyl (C=O) groups is 4. The summed E-state index contributed by atoms with van der Waals surface area (Å²) in [6.07, 6.45) is -0.237. The molecule has 0 saturated carbocycles. The maximum atomic E-state index is 12.4. The van der Waals surface area contributed by atoms with E-state index in [4.69, 9.17) is 39.6 Å². The third-order valence-corrected chi connectivity index (χ3v) is 4.57. The van der Waals surface area contributed by atoms with Gasteiger partial charge in [-0.3, -0.25) is 0 Å². The van der Waals surface area contributed by atoms with E-state index >= 15 is 0 Å². The van der Waals surface area contributed by atoms with E-state index in [1.807, 2.05) is 7.05 Å². The average Bonchev–Trinajstić information content (AvgIpc) is 2.77. The van der Waals surface area contributed by atoms with Crippen molar-refractivity contribution >= 4 is 23.9 Å². The number of hydrogen-bond donors (Lipinski definition) is 4. The average molecular weight is 510 g/mol. The first-order valence-corrected chi connectivity index (χ1v) is 10.4. The number of likely N-dealkylation sites (tertiary alicyclic amines) is 1. The minimum atomic E-state index is -4.64. The van der Waals surface area contributed by atoms with Crippen LogP contribution in [0.15, 0.2) is 24.3 Å². The predicted octanol–water partition coefficient (Wildman–Crippen LogP) is 1.86. The number of likely N-dealkylation sites (N-methyl/N-ethyl adjacent to an activating group) is 1. The van der Waals surface area contributed by atoms with Gasteiger partial charge in [0.25, 0.3) is 0 Å². The smallest absolute Gasteiger partial charge is 0.473 e. The lowest BCUT2D eigenvalue weighted by Crippen LogP contribution is -2.37. The normalized spacial score (nSPS) is 13.5. The molecule has 4 N–H and O–H groups in total. The minimum Gasteiger partial charge on any atom is -0.473 e. The molecule has 0 radical (unpaired) electrons. The van der Waals surface area contributed by atoms with Crippen molar-refractivity contribution in [2.75, 3.05) is 39.8 Å². The number of carboxylic acids is 4. The molecule has 14 heteroatoms. The molecule has 11 nitrogen and oxygen atoms in total. The van der Waals surface area contributed by atoms with Crippen molar-refractivity contribution in [2.45, 2.75) is 32.0 Å². The quantitative estimate of drug-likeness (QED) is 0.396. The van der Waals surface area contributed by atoms with Gasteiger partial charge >= 0.3 is 30.2 Å². The highest BCUT2D eigenvalue weighted by Crippen LogP contribution is 2.26. The zero-order valence-electron chi connectivity index (χ0n) is 19.0. The number of rotatable bonds is 7. The van der Waals surface area contributed by atoms with E-state index in [1.54, 1.807) is 18.2 Å². The van der Waals surface area contributed by atoms with Crippen LogP contribution in [0, 0.1) is 0 Å². The first kappa shape index (κ1) is 31.6. The standard InChI is InChI=1S/C17H25F3N2O.2C2H2O4/c1-21(13-14-22-10-5-2-6-11-22)12-9-15-7-3-4-8-16(15)23-17(18,19)20;2*3-1(4)2(5)6/h3-4,7-8H,2,5-6,9-14H2,1H3;2*(H,3,4)(H,5,6). The van der Waals surface area contributed by atoms with Crippen molar-refractivity contribution in [1.82, 2.24) is 9.80 Å². The van der Waals surface area contributed by atoms with Crippen LogP contribution in [-0.4, -0.2) is 100 Å². The summed E-state index contributed by atoms with van der Waals surface area (Å²) in [6, 6.07) is 6.37. The molecule has 0 atom stereocenters. The molecular formula is C21H29F3N2O9. The van der Waals surface area contributed by atoms with Gasteiger partial charge in [0.15, 0.2) is 0 Å². The van der Waals surface area contributed by atoms with E-state index in [-0.39, 0.29) is 5.75 Å². The summed E-state index contributed by atoms with van der Waals surface area (Å²) in [5.41, 5.74) is 0.592. The number of nitrogens with zero attached hydrogens (tertiary/aromatic N) is 2. The van der Waals surface area contributed by atoms with Crippen molar-refractivity contribution in [3.63, 3.8) is 0 Å². The molecule has 0 unspecified atom stereocenters. The number of carboxylic acid groups (broad SMARTS) is 4. The summed E-state index contributed by atoms with van der Waals surface area (Å²) in [6.45, 7) is 5.00. The lowest BCUT2D eigenvalue weighted by atomic mass is 10.1. The largest absolute Gasteiger partial charge is 0.573 e. The third kappa shape index (κ3) is 16.8. The van der Waals surface area contributed by atoms with Gasteiger partial charge in [0.2, 0.25) is 0 Å². The number of halogens is 3. The molecule has 0 bridgehead atoms. The van der Waals surface area contributed by atoms with Crippen molar-refractivity contribution < 1.29 is 57.5 Å². The Morgan fingerprint density at radius 2 is 1.37 bits per heavy atom.